The van der Waals surface area contributed by atoms with Gasteiger partial charge in [0.15, 0.2) is 6.61 Å². The molecule has 1 aliphatic heterocycles. The Kier molecular flexibility index (Phi) is 5.63. The van der Waals surface area contributed by atoms with Crippen molar-refractivity contribution >= 4 is 12.0 Å². The topological polar surface area (TPSA) is 59.1 Å². The van der Waals surface area contributed by atoms with E-state index in [1.165, 1.54) is 0 Å². The van der Waals surface area contributed by atoms with Crippen molar-refractivity contribution in [3.8, 4) is 5.75 Å². The number of carbonyl (C=O) groups is 2. The van der Waals surface area contributed by atoms with Gasteiger partial charge in [0.1, 0.15) is 5.75 Å². The number of hydrogen-bond donors (Lipinski definition) is 0. The van der Waals surface area contributed by atoms with Crippen LogP contribution in [0.15, 0.2) is 24.3 Å². The fourth-order valence-corrected chi connectivity index (χ4v) is 2.30. The lowest BCUT2D eigenvalue weighted by molar-refractivity contribution is -0.134. The van der Waals surface area contributed by atoms with Crippen LogP contribution >= 0.6 is 0 Å². The summed E-state index contributed by atoms with van der Waals surface area (Å²) in [4.78, 5) is 27.1. The van der Waals surface area contributed by atoms with Crippen LogP contribution in [0.25, 0.3) is 0 Å². The largest absolute Gasteiger partial charge is 0.484 e. The minimum Gasteiger partial charge on any atom is -0.484 e. The second-order valence-corrected chi connectivity index (χ2v) is 5.12. The van der Waals surface area contributed by atoms with Crippen molar-refractivity contribution < 1.29 is 19.1 Å². The third-order valence-corrected chi connectivity index (χ3v) is 3.60. The normalized spacial score (nSPS) is 14.6. The molecular formula is C16H22N2O4. The van der Waals surface area contributed by atoms with Gasteiger partial charge in [-0.15, -0.1) is 0 Å². The quantitative estimate of drug-likeness (QED) is 0.849. The van der Waals surface area contributed by atoms with Gasteiger partial charge in [0.25, 0.3) is 5.91 Å². The molecule has 6 heteroatoms. The first kappa shape index (κ1) is 16.1. The lowest BCUT2D eigenvalue weighted by atomic mass is 10.2. The first-order valence-corrected chi connectivity index (χ1v) is 7.49. The van der Waals surface area contributed by atoms with Crippen LogP contribution in [0.1, 0.15) is 12.5 Å². The molecule has 0 atom stereocenters. The summed E-state index contributed by atoms with van der Waals surface area (Å²) in [6, 6.07) is 7.60. The van der Waals surface area contributed by atoms with Crippen molar-refractivity contribution in [2.45, 2.75) is 13.8 Å². The number of piperazine rings is 1. The van der Waals surface area contributed by atoms with Crippen LogP contribution in [0.5, 0.6) is 5.75 Å². The molecule has 0 aliphatic carbocycles. The summed E-state index contributed by atoms with van der Waals surface area (Å²) in [5.41, 5.74) is 1.00. The van der Waals surface area contributed by atoms with Gasteiger partial charge in [0.05, 0.1) is 6.61 Å². The standard InChI is InChI=1S/C16H22N2O4/c1-3-21-16(20)18-10-8-17(9-11-18)15(19)12-22-14-7-5-4-6-13(14)2/h4-7H,3,8-12H2,1-2H3. The van der Waals surface area contributed by atoms with Crippen LogP contribution in [-0.4, -0.2) is 61.2 Å². The molecule has 0 N–H and O–H groups in total. The zero-order valence-electron chi connectivity index (χ0n) is 13.1. The molecule has 1 heterocycles. The first-order valence-electron chi connectivity index (χ1n) is 7.49. The molecule has 0 aromatic heterocycles. The van der Waals surface area contributed by atoms with E-state index in [4.69, 9.17) is 9.47 Å². The first-order chi connectivity index (χ1) is 10.6. The minimum absolute atomic E-state index is 0.0181. The molecule has 1 fully saturated rings. The maximum Gasteiger partial charge on any atom is 0.409 e. The summed E-state index contributed by atoms with van der Waals surface area (Å²) in [6.07, 6.45) is -0.314. The zero-order chi connectivity index (χ0) is 15.9. The Morgan fingerprint density at radius 2 is 1.73 bits per heavy atom. The number of nitrogens with zero attached hydrogens (tertiary/aromatic N) is 2. The average Bonchev–Trinajstić information content (AvgIpc) is 2.54. The van der Waals surface area contributed by atoms with Crippen molar-refractivity contribution in [1.29, 1.82) is 0 Å². The second-order valence-electron chi connectivity index (χ2n) is 5.12. The van der Waals surface area contributed by atoms with Crippen LogP contribution in [-0.2, 0) is 9.53 Å². The maximum absolute atomic E-state index is 12.2. The van der Waals surface area contributed by atoms with Crippen LogP contribution in [0, 0.1) is 6.92 Å². The van der Waals surface area contributed by atoms with E-state index in [1.54, 1.807) is 16.7 Å². The summed E-state index contributed by atoms with van der Waals surface area (Å²) in [6.45, 7) is 6.11. The van der Waals surface area contributed by atoms with E-state index in [1.807, 2.05) is 31.2 Å². The fraction of sp³-hybridized carbons (Fsp3) is 0.500. The van der Waals surface area contributed by atoms with Gasteiger partial charge < -0.3 is 19.3 Å². The molecule has 22 heavy (non-hydrogen) atoms. The van der Waals surface area contributed by atoms with Gasteiger partial charge in [-0.25, -0.2) is 4.79 Å². The van der Waals surface area contributed by atoms with E-state index in [9.17, 15) is 9.59 Å². The third kappa shape index (κ3) is 4.13. The minimum atomic E-state index is -0.314. The lowest BCUT2D eigenvalue weighted by Crippen LogP contribution is -2.51. The molecule has 2 amide bonds. The SMILES string of the molecule is CCOC(=O)N1CCN(C(=O)COc2ccccc2C)CC1. The molecule has 1 aromatic rings. The third-order valence-electron chi connectivity index (χ3n) is 3.60. The van der Waals surface area contributed by atoms with Gasteiger partial charge >= 0.3 is 6.09 Å². The maximum atomic E-state index is 12.2. The smallest absolute Gasteiger partial charge is 0.409 e. The molecular weight excluding hydrogens is 284 g/mol. The van der Waals surface area contributed by atoms with E-state index in [0.29, 0.717) is 32.8 Å². The molecule has 6 nitrogen and oxygen atoms in total. The molecule has 0 radical (unpaired) electrons. The second kappa shape index (κ2) is 7.68. The number of aryl methyl sites for hydroxylation is 1. The monoisotopic (exact) mass is 306 g/mol. The molecule has 1 aromatic carbocycles. The summed E-state index contributed by atoms with van der Waals surface area (Å²) >= 11 is 0. The van der Waals surface area contributed by atoms with Gasteiger partial charge in [0, 0.05) is 26.2 Å². The molecule has 1 aliphatic rings. The Labute approximate surface area is 130 Å². The van der Waals surface area contributed by atoms with E-state index in [-0.39, 0.29) is 18.6 Å². The van der Waals surface area contributed by atoms with E-state index >= 15 is 0 Å². The van der Waals surface area contributed by atoms with E-state index in [0.717, 1.165) is 11.3 Å². The predicted octanol–water partition coefficient (Wildman–Crippen LogP) is 1.67. The molecule has 0 bridgehead atoms. The van der Waals surface area contributed by atoms with Crippen LogP contribution in [0.2, 0.25) is 0 Å². The van der Waals surface area contributed by atoms with Crippen molar-refractivity contribution in [2.75, 3.05) is 39.4 Å². The Morgan fingerprint density at radius 3 is 2.36 bits per heavy atom. The number of benzene rings is 1. The number of amides is 2. The average molecular weight is 306 g/mol. The number of rotatable bonds is 4. The highest BCUT2D eigenvalue weighted by molar-refractivity contribution is 5.78. The van der Waals surface area contributed by atoms with Gasteiger partial charge in [-0.3, -0.25) is 4.79 Å². The lowest BCUT2D eigenvalue weighted by Gasteiger charge is -2.34. The van der Waals surface area contributed by atoms with E-state index < -0.39 is 0 Å². The highest BCUT2D eigenvalue weighted by Gasteiger charge is 2.24. The Hall–Kier alpha value is -2.24. The van der Waals surface area contributed by atoms with Crippen molar-refractivity contribution in [3.63, 3.8) is 0 Å². The Bertz CT molecular complexity index is 525. The van der Waals surface area contributed by atoms with Gasteiger partial charge in [0.2, 0.25) is 0 Å². The summed E-state index contributed by atoms with van der Waals surface area (Å²) < 4.78 is 10.5. The molecule has 120 valence electrons. The highest BCUT2D eigenvalue weighted by atomic mass is 16.6. The molecule has 2 rings (SSSR count). The molecule has 0 saturated carbocycles. The highest BCUT2D eigenvalue weighted by Crippen LogP contribution is 2.16. The summed E-state index contributed by atoms with van der Waals surface area (Å²) in [7, 11) is 0. The van der Waals surface area contributed by atoms with Gasteiger partial charge in [-0.05, 0) is 25.5 Å². The summed E-state index contributed by atoms with van der Waals surface area (Å²) in [5, 5.41) is 0. The molecule has 0 unspecified atom stereocenters. The van der Waals surface area contributed by atoms with Crippen molar-refractivity contribution in [2.24, 2.45) is 0 Å². The van der Waals surface area contributed by atoms with Gasteiger partial charge in [-0.1, -0.05) is 18.2 Å². The number of para-hydroxylation sites is 1. The summed E-state index contributed by atoms with van der Waals surface area (Å²) in [5.74, 6) is 0.660. The Balaban J connectivity index is 1.78. The molecule has 0 spiro atoms. The zero-order valence-corrected chi connectivity index (χ0v) is 13.1. The van der Waals surface area contributed by atoms with Crippen LogP contribution in [0.3, 0.4) is 0 Å². The Morgan fingerprint density at radius 1 is 1.09 bits per heavy atom. The van der Waals surface area contributed by atoms with Crippen LogP contribution in [0.4, 0.5) is 4.79 Å². The fourth-order valence-electron chi connectivity index (χ4n) is 2.30. The number of hydrogen-bond acceptors (Lipinski definition) is 4. The van der Waals surface area contributed by atoms with Crippen molar-refractivity contribution in [1.82, 2.24) is 9.80 Å². The van der Waals surface area contributed by atoms with Crippen LogP contribution < -0.4 is 4.74 Å². The van der Waals surface area contributed by atoms with E-state index in [2.05, 4.69) is 0 Å². The van der Waals surface area contributed by atoms with Gasteiger partial charge in [-0.2, -0.15) is 0 Å². The van der Waals surface area contributed by atoms with Crippen molar-refractivity contribution in [3.05, 3.63) is 29.8 Å². The number of carbonyl (C=O) groups excluding carboxylic acids is 2. The number of ether oxygens (including phenoxy) is 2. The molecule has 1 saturated heterocycles. The predicted molar refractivity (Wildman–Crippen MR) is 81.8 cm³/mol.